The molecule has 0 radical (unpaired) electrons. The highest BCUT2D eigenvalue weighted by molar-refractivity contribution is 5.17. The molecule has 1 rings (SSSR count). The van der Waals surface area contributed by atoms with Crippen molar-refractivity contribution >= 4 is 0 Å². The van der Waals surface area contributed by atoms with Gasteiger partial charge >= 0.3 is 0 Å². The average Bonchev–Trinajstić information content (AvgIpc) is 2.26. The molecule has 0 fully saturated rings. The highest BCUT2D eigenvalue weighted by Gasteiger charge is 2.14. The maximum Gasteiger partial charge on any atom is 0.0372 e. The Kier molecular flexibility index (Phi) is 4.94. The van der Waals surface area contributed by atoms with Gasteiger partial charge in [-0.2, -0.15) is 0 Å². The lowest BCUT2D eigenvalue weighted by atomic mass is 9.89. The van der Waals surface area contributed by atoms with E-state index >= 15 is 0 Å². The van der Waals surface area contributed by atoms with Crippen LogP contribution < -0.4 is 5.32 Å². The van der Waals surface area contributed by atoms with Crippen molar-refractivity contribution in [3.05, 3.63) is 29.6 Å². The summed E-state index contributed by atoms with van der Waals surface area (Å²) in [6, 6.07) is 4.85. The number of hydrogen-bond donors (Lipinski definition) is 1. The van der Waals surface area contributed by atoms with Gasteiger partial charge in [-0.25, -0.2) is 0 Å². The van der Waals surface area contributed by atoms with Gasteiger partial charge in [-0.05, 0) is 36.9 Å². The van der Waals surface area contributed by atoms with Gasteiger partial charge in [0.25, 0.3) is 0 Å². The van der Waals surface area contributed by atoms with Crippen LogP contribution in [-0.4, -0.2) is 17.6 Å². The Morgan fingerprint density at radius 1 is 1.19 bits per heavy atom. The molecule has 0 aliphatic rings. The lowest BCUT2D eigenvalue weighted by Gasteiger charge is -2.21. The summed E-state index contributed by atoms with van der Waals surface area (Å²) in [4.78, 5) is 4.36. The number of aromatic nitrogens is 1. The fraction of sp³-hybridized carbons (Fsp3) is 0.643. The topological polar surface area (TPSA) is 24.9 Å². The Morgan fingerprint density at radius 2 is 1.88 bits per heavy atom. The molecule has 90 valence electrons. The van der Waals surface area contributed by atoms with E-state index < -0.39 is 0 Å². The lowest BCUT2D eigenvalue weighted by Crippen LogP contribution is -2.29. The molecular formula is C14H24N2. The Morgan fingerprint density at radius 3 is 2.38 bits per heavy atom. The first kappa shape index (κ1) is 13.2. The molecule has 1 aromatic heterocycles. The van der Waals surface area contributed by atoms with Crippen molar-refractivity contribution in [2.24, 2.45) is 5.92 Å². The Labute approximate surface area is 99.5 Å². The summed E-state index contributed by atoms with van der Waals surface area (Å²) >= 11 is 0. The third-order valence-electron chi connectivity index (χ3n) is 3.16. The van der Waals surface area contributed by atoms with Crippen molar-refractivity contribution in [1.82, 2.24) is 10.3 Å². The van der Waals surface area contributed by atoms with E-state index in [2.05, 4.69) is 50.1 Å². The van der Waals surface area contributed by atoms with Crippen molar-refractivity contribution in [3.8, 4) is 0 Å². The van der Waals surface area contributed by atoms with E-state index in [1.54, 1.807) is 0 Å². The van der Waals surface area contributed by atoms with Crippen LogP contribution in [0.25, 0.3) is 0 Å². The van der Waals surface area contributed by atoms with Crippen molar-refractivity contribution in [1.29, 1.82) is 0 Å². The molecular weight excluding hydrogens is 196 g/mol. The zero-order chi connectivity index (χ0) is 12.1. The van der Waals surface area contributed by atoms with Crippen molar-refractivity contribution in [2.75, 3.05) is 6.54 Å². The van der Waals surface area contributed by atoms with Gasteiger partial charge in [0.1, 0.15) is 0 Å². The van der Waals surface area contributed by atoms with E-state index in [0.717, 1.165) is 12.2 Å². The molecule has 1 heterocycles. The minimum Gasteiger partial charge on any atom is -0.314 e. The molecule has 2 heteroatoms. The first-order valence-corrected chi connectivity index (χ1v) is 6.16. The van der Waals surface area contributed by atoms with Gasteiger partial charge in [-0.3, -0.25) is 4.98 Å². The molecule has 0 amide bonds. The highest BCUT2D eigenvalue weighted by atomic mass is 14.9. The maximum atomic E-state index is 4.36. The quantitative estimate of drug-likeness (QED) is 0.824. The molecule has 0 saturated heterocycles. The van der Waals surface area contributed by atoms with Crippen molar-refractivity contribution < 1.29 is 0 Å². The van der Waals surface area contributed by atoms with E-state index in [9.17, 15) is 0 Å². The van der Waals surface area contributed by atoms with Crippen LogP contribution in [0.1, 0.15) is 44.9 Å². The van der Waals surface area contributed by atoms with Gasteiger partial charge in [-0.15, -0.1) is 0 Å². The van der Waals surface area contributed by atoms with E-state index in [-0.39, 0.29) is 0 Å². The summed E-state index contributed by atoms with van der Waals surface area (Å²) in [7, 11) is 0. The van der Waals surface area contributed by atoms with E-state index in [1.807, 2.05) is 13.1 Å². The molecule has 0 spiro atoms. The van der Waals surface area contributed by atoms with Crippen LogP contribution in [0.3, 0.4) is 0 Å². The molecule has 0 aliphatic heterocycles. The molecule has 1 aromatic rings. The SMILES string of the molecule is Cc1ccc(C(C)C(C)CNC(C)C)cn1. The van der Waals surface area contributed by atoms with Gasteiger partial charge in [0.2, 0.25) is 0 Å². The average molecular weight is 220 g/mol. The smallest absolute Gasteiger partial charge is 0.0372 e. The molecule has 0 bridgehead atoms. The number of pyridine rings is 1. The van der Waals surface area contributed by atoms with Crippen LogP contribution in [0.2, 0.25) is 0 Å². The maximum absolute atomic E-state index is 4.36. The van der Waals surface area contributed by atoms with Crippen molar-refractivity contribution in [3.63, 3.8) is 0 Å². The summed E-state index contributed by atoms with van der Waals surface area (Å²) < 4.78 is 0. The Bertz CT molecular complexity index is 303. The fourth-order valence-corrected chi connectivity index (χ4v) is 1.68. The predicted octanol–water partition coefficient (Wildman–Crippen LogP) is 3.13. The van der Waals surface area contributed by atoms with E-state index in [4.69, 9.17) is 0 Å². The molecule has 0 aliphatic carbocycles. The number of hydrogen-bond acceptors (Lipinski definition) is 2. The third-order valence-corrected chi connectivity index (χ3v) is 3.16. The van der Waals surface area contributed by atoms with Crippen LogP contribution in [0.5, 0.6) is 0 Å². The second-order valence-corrected chi connectivity index (χ2v) is 5.06. The highest BCUT2D eigenvalue weighted by Crippen LogP contribution is 2.22. The van der Waals surface area contributed by atoms with Crippen LogP contribution in [0.4, 0.5) is 0 Å². The molecule has 2 unspecified atom stereocenters. The van der Waals surface area contributed by atoms with E-state index in [1.165, 1.54) is 5.56 Å². The molecule has 1 N–H and O–H groups in total. The molecule has 2 atom stereocenters. The fourth-order valence-electron chi connectivity index (χ4n) is 1.68. The van der Waals surface area contributed by atoms with Crippen LogP contribution in [-0.2, 0) is 0 Å². The zero-order valence-corrected chi connectivity index (χ0v) is 11.1. The number of rotatable bonds is 5. The molecule has 0 aromatic carbocycles. The zero-order valence-electron chi connectivity index (χ0n) is 11.1. The van der Waals surface area contributed by atoms with Gasteiger partial charge in [0, 0.05) is 17.9 Å². The van der Waals surface area contributed by atoms with Crippen LogP contribution in [0, 0.1) is 12.8 Å². The monoisotopic (exact) mass is 220 g/mol. The second kappa shape index (κ2) is 6.00. The Balaban J connectivity index is 2.56. The summed E-state index contributed by atoms with van der Waals surface area (Å²) in [6.45, 7) is 12.0. The largest absolute Gasteiger partial charge is 0.314 e. The normalized spacial score (nSPS) is 15.1. The van der Waals surface area contributed by atoms with Gasteiger partial charge in [0.05, 0.1) is 0 Å². The third kappa shape index (κ3) is 3.93. The first-order valence-electron chi connectivity index (χ1n) is 6.16. The molecule has 0 saturated carbocycles. The van der Waals surface area contributed by atoms with E-state index in [0.29, 0.717) is 17.9 Å². The standard InChI is InChI=1S/C14H24N2/c1-10(2)15-8-11(3)13(5)14-7-6-12(4)16-9-14/h6-7,9-11,13,15H,8H2,1-5H3. The van der Waals surface area contributed by atoms with Crippen LogP contribution in [0.15, 0.2) is 18.3 Å². The lowest BCUT2D eigenvalue weighted by molar-refractivity contribution is 0.425. The van der Waals surface area contributed by atoms with Crippen molar-refractivity contribution in [2.45, 2.75) is 46.6 Å². The number of nitrogens with one attached hydrogen (secondary N) is 1. The second-order valence-electron chi connectivity index (χ2n) is 5.06. The first-order chi connectivity index (χ1) is 7.50. The summed E-state index contributed by atoms with van der Waals surface area (Å²) in [5.74, 6) is 1.19. The summed E-state index contributed by atoms with van der Waals surface area (Å²) in [5, 5.41) is 3.49. The summed E-state index contributed by atoms with van der Waals surface area (Å²) in [5.41, 5.74) is 2.42. The minimum absolute atomic E-state index is 0.555. The van der Waals surface area contributed by atoms with Gasteiger partial charge in [0.15, 0.2) is 0 Å². The number of nitrogens with zero attached hydrogens (tertiary/aromatic N) is 1. The minimum atomic E-state index is 0.555. The van der Waals surface area contributed by atoms with Gasteiger partial charge in [-0.1, -0.05) is 33.8 Å². The van der Waals surface area contributed by atoms with Gasteiger partial charge < -0.3 is 5.32 Å². The number of aryl methyl sites for hydroxylation is 1. The predicted molar refractivity (Wildman–Crippen MR) is 69.7 cm³/mol. The Hall–Kier alpha value is -0.890. The summed E-state index contributed by atoms with van der Waals surface area (Å²) in [6.07, 6.45) is 2.01. The van der Waals surface area contributed by atoms with Crippen LogP contribution >= 0.6 is 0 Å². The molecule has 16 heavy (non-hydrogen) atoms. The molecule has 2 nitrogen and oxygen atoms in total.